The zero-order valence-corrected chi connectivity index (χ0v) is 13.3. The van der Waals surface area contributed by atoms with E-state index in [1.807, 2.05) is 26.0 Å². The monoisotopic (exact) mass is 275 g/mol. The van der Waals surface area contributed by atoms with Crippen molar-refractivity contribution in [2.24, 2.45) is 10.8 Å². The van der Waals surface area contributed by atoms with Gasteiger partial charge in [-0.2, -0.15) is 0 Å². The maximum Gasteiger partial charge on any atom is 0.251 e. The largest absolute Gasteiger partial charge is 0.370 e. The van der Waals surface area contributed by atoms with Gasteiger partial charge in [0.2, 0.25) is 0 Å². The van der Waals surface area contributed by atoms with Gasteiger partial charge >= 0.3 is 0 Å². The number of carbonyl (C=O) groups excluding carboxylic acids is 1. The molecule has 1 aliphatic carbocycles. The molecule has 0 aliphatic heterocycles. The van der Waals surface area contributed by atoms with Crippen molar-refractivity contribution in [3.63, 3.8) is 0 Å². The Morgan fingerprint density at radius 3 is 2.35 bits per heavy atom. The maximum absolute atomic E-state index is 12.4. The fraction of sp³-hybridized carbons (Fsp3) is 0.625. The van der Waals surface area contributed by atoms with Gasteiger partial charge in [-0.3, -0.25) is 4.79 Å². The maximum atomic E-state index is 12.4. The van der Waals surface area contributed by atoms with Crippen LogP contribution in [0.1, 0.15) is 50.7 Å². The molecule has 0 aromatic carbocycles. The van der Waals surface area contributed by atoms with E-state index < -0.39 is 0 Å². The van der Waals surface area contributed by atoms with Gasteiger partial charge in [0, 0.05) is 23.8 Å². The number of aromatic nitrogens is 1. The van der Waals surface area contributed by atoms with Crippen molar-refractivity contribution in [1.82, 2.24) is 10.3 Å². The van der Waals surface area contributed by atoms with Gasteiger partial charge in [0.15, 0.2) is 0 Å². The van der Waals surface area contributed by atoms with Crippen LogP contribution >= 0.6 is 0 Å². The summed E-state index contributed by atoms with van der Waals surface area (Å²) in [5.74, 6) is 0.741. The molecule has 2 N–H and O–H groups in total. The minimum atomic E-state index is -0.0155. The Balaban J connectivity index is 2.15. The lowest BCUT2D eigenvalue weighted by Gasteiger charge is -2.10. The van der Waals surface area contributed by atoms with Crippen molar-refractivity contribution in [1.29, 1.82) is 0 Å². The van der Waals surface area contributed by atoms with E-state index in [0.29, 0.717) is 5.56 Å². The van der Waals surface area contributed by atoms with E-state index in [0.717, 1.165) is 18.1 Å². The third-order valence-corrected chi connectivity index (χ3v) is 4.87. The first-order chi connectivity index (χ1) is 9.20. The summed E-state index contributed by atoms with van der Waals surface area (Å²) in [7, 11) is 0. The molecule has 1 aromatic heterocycles. The molecule has 0 atom stereocenters. The van der Waals surface area contributed by atoms with Crippen LogP contribution in [0.3, 0.4) is 0 Å². The summed E-state index contributed by atoms with van der Waals surface area (Å²) in [6, 6.07) is 3.87. The van der Waals surface area contributed by atoms with Crippen molar-refractivity contribution in [2.75, 3.05) is 11.9 Å². The third kappa shape index (κ3) is 2.39. The second kappa shape index (κ2) is 4.76. The average molecular weight is 275 g/mol. The first kappa shape index (κ1) is 14.8. The average Bonchev–Trinajstić information content (AvgIpc) is 2.71. The van der Waals surface area contributed by atoms with E-state index in [1.165, 1.54) is 0 Å². The summed E-state index contributed by atoms with van der Waals surface area (Å²) in [5.41, 5.74) is 1.82. The molecule has 20 heavy (non-hydrogen) atoms. The SMILES string of the molecule is CCNc1cc(C(=O)NC2C(C)(C)C2(C)C)cc(C)n1. The van der Waals surface area contributed by atoms with Gasteiger partial charge in [-0.25, -0.2) is 4.98 Å². The van der Waals surface area contributed by atoms with Crippen LogP contribution in [0.2, 0.25) is 0 Å². The molecule has 0 bridgehead atoms. The third-order valence-electron chi connectivity index (χ3n) is 4.87. The Bertz CT molecular complexity index is 521. The number of nitrogens with one attached hydrogen (secondary N) is 2. The number of anilines is 1. The fourth-order valence-electron chi connectivity index (χ4n) is 2.84. The van der Waals surface area contributed by atoms with Crippen LogP contribution < -0.4 is 10.6 Å². The molecule has 1 aromatic rings. The van der Waals surface area contributed by atoms with Gasteiger partial charge in [0.05, 0.1) is 0 Å². The summed E-state index contributed by atoms with van der Waals surface area (Å²) < 4.78 is 0. The van der Waals surface area contributed by atoms with Gasteiger partial charge in [-0.1, -0.05) is 27.7 Å². The molecule has 2 rings (SSSR count). The number of hydrogen-bond acceptors (Lipinski definition) is 3. The van der Waals surface area contributed by atoms with Gasteiger partial charge < -0.3 is 10.6 Å². The number of rotatable bonds is 4. The molecule has 1 fully saturated rings. The van der Waals surface area contributed by atoms with Crippen LogP contribution in [-0.4, -0.2) is 23.5 Å². The number of nitrogens with zero attached hydrogens (tertiary/aromatic N) is 1. The van der Waals surface area contributed by atoms with Gasteiger partial charge in [-0.05, 0) is 36.8 Å². The molecule has 4 heteroatoms. The van der Waals surface area contributed by atoms with E-state index in [4.69, 9.17) is 0 Å². The second-order valence-electron chi connectivity index (χ2n) is 6.76. The zero-order chi connectivity index (χ0) is 15.1. The van der Waals surface area contributed by atoms with Crippen LogP contribution in [0.25, 0.3) is 0 Å². The molecule has 0 saturated heterocycles. The molecule has 1 aliphatic rings. The Hall–Kier alpha value is -1.58. The highest BCUT2D eigenvalue weighted by molar-refractivity contribution is 5.95. The summed E-state index contributed by atoms with van der Waals surface area (Å²) >= 11 is 0. The second-order valence-corrected chi connectivity index (χ2v) is 6.76. The molecular formula is C16H25N3O. The summed E-state index contributed by atoms with van der Waals surface area (Å²) in [6.07, 6.45) is 0. The highest BCUT2D eigenvalue weighted by atomic mass is 16.1. The lowest BCUT2D eigenvalue weighted by molar-refractivity contribution is 0.0943. The van der Waals surface area contributed by atoms with E-state index in [-0.39, 0.29) is 22.8 Å². The minimum Gasteiger partial charge on any atom is -0.370 e. The van der Waals surface area contributed by atoms with Gasteiger partial charge in [-0.15, -0.1) is 0 Å². The molecule has 0 radical (unpaired) electrons. The van der Waals surface area contributed by atoms with Crippen molar-refractivity contribution in [3.05, 3.63) is 23.4 Å². The topological polar surface area (TPSA) is 54.0 Å². The Labute approximate surface area is 121 Å². The first-order valence-corrected chi connectivity index (χ1v) is 7.23. The standard InChI is InChI=1S/C16H25N3O/c1-7-17-12-9-11(8-10(2)18-12)13(20)19-14-15(3,4)16(14,5)6/h8-9,14H,7H2,1-6H3,(H,17,18)(H,19,20). The van der Waals surface area contributed by atoms with Crippen molar-refractivity contribution in [2.45, 2.75) is 47.6 Å². The molecule has 1 saturated carbocycles. The number of amides is 1. The molecule has 4 nitrogen and oxygen atoms in total. The molecule has 110 valence electrons. The van der Waals surface area contributed by atoms with Crippen LogP contribution in [-0.2, 0) is 0 Å². The van der Waals surface area contributed by atoms with Crippen LogP contribution in [0.15, 0.2) is 12.1 Å². The van der Waals surface area contributed by atoms with Gasteiger partial charge in [0.1, 0.15) is 5.82 Å². The predicted octanol–water partition coefficient (Wildman–Crippen LogP) is 2.99. The molecule has 1 heterocycles. The lowest BCUT2D eigenvalue weighted by atomic mass is 10.0. The first-order valence-electron chi connectivity index (χ1n) is 7.23. The van der Waals surface area contributed by atoms with E-state index in [1.54, 1.807) is 0 Å². The normalized spacial score (nSPS) is 19.5. The van der Waals surface area contributed by atoms with Gasteiger partial charge in [0.25, 0.3) is 5.91 Å². The van der Waals surface area contributed by atoms with Crippen molar-refractivity contribution < 1.29 is 4.79 Å². The van der Waals surface area contributed by atoms with Crippen LogP contribution in [0, 0.1) is 17.8 Å². The smallest absolute Gasteiger partial charge is 0.251 e. The highest BCUT2D eigenvalue weighted by Gasteiger charge is 2.65. The van der Waals surface area contributed by atoms with E-state index >= 15 is 0 Å². The Morgan fingerprint density at radius 2 is 1.85 bits per heavy atom. The Morgan fingerprint density at radius 1 is 1.25 bits per heavy atom. The summed E-state index contributed by atoms with van der Waals surface area (Å²) in [5, 5.41) is 6.31. The number of hydrogen-bond donors (Lipinski definition) is 2. The van der Waals surface area contributed by atoms with Crippen molar-refractivity contribution in [3.8, 4) is 0 Å². The lowest BCUT2D eigenvalue weighted by Crippen LogP contribution is -2.30. The number of carbonyl (C=O) groups is 1. The number of aryl methyl sites for hydroxylation is 1. The Kier molecular flexibility index (Phi) is 3.53. The summed E-state index contributed by atoms with van der Waals surface area (Å²) in [4.78, 5) is 16.8. The van der Waals surface area contributed by atoms with Crippen molar-refractivity contribution >= 4 is 11.7 Å². The zero-order valence-electron chi connectivity index (χ0n) is 13.3. The predicted molar refractivity (Wildman–Crippen MR) is 82.0 cm³/mol. The van der Waals surface area contributed by atoms with E-state index in [2.05, 4.69) is 43.3 Å². The molecule has 0 spiro atoms. The minimum absolute atomic E-state index is 0.0155. The quantitative estimate of drug-likeness (QED) is 0.888. The molecule has 1 amide bonds. The molecular weight excluding hydrogens is 250 g/mol. The molecule has 0 unspecified atom stereocenters. The fourth-order valence-corrected chi connectivity index (χ4v) is 2.84. The summed E-state index contributed by atoms with van der Waals surface area (Å²) in [6.45, 7) is 13.5. The van der Waals surface area contributed by atoms with E-state index in [9.17, 15) is 4.79 Å². The van der Waals surface area contributed by atoms with Crippen LogP contribution in [0.5, 0.6) is 0 Å². The number of pyridine rings is 1. The highest BCUT2D eigenvalue weighted by Crippen LogP contribution is 2.62. The van der Waals surface area contributed by atoms with Crippen LogP contribution in [0.4, 0.5) is 5.82 Å².